The van der Waals surface area contributed by atoms with Gasteiger partial charge in [0.05, 0.1) is 0 Å². The van der Waals surface area contributed by atoms with Crippen LogP contribution in [0, 0.1) is 5.82 Å². The van der Waals surface area contributed by atoms with E-state index in [4.69, 9.17) is 16.2 Å². The van der Waals surface area contributed by atoms with E-state index in [-0.39, 0.29) is 12.2 Å². The third-order valence-corrected chi connectivity index (χ3v) is 2.89. The molecule has 2 rings (SSSR count). The first-order valence-corrected chi connectivity index (χ1v) is 6.10. The highest BCUT2D eigenvalue weighted by molar-refractivity contribution is 5.92. The van der Waals surface area contributed by atoms with Gasteiger partial charge < -0.3 is 16.2 Å². The summed E-state index contributed by atoms with van der Waals surface area (Å²) in [5.41, 5.74) is 12.1. The van der Waals surface area contributed by atoms with E-state index < -0.39 is 11.7 Å². The van der Waals surface area contributed by atoms with E-state index >= 15 is 0 Å². The van der Waals surface area contributed by atoms with Crippen molar-refractivity contribution in [2.24, 2.45) is 11.5 Å². The van der Waals surface area contributed by atoms with Gasteiger partial charge in [-0.15, -0.1) is 0 Å². The first-order valence-electron chi connectivity index (χ1n) is 6.10. The summed E-state index contributed by atoms with van der Waals surface area (Å²) in [7, 11) is 0. The molecule has 0 saturated heterocycles. The summed E-state index contributed by atoms with van der Waals surface area (Å²) < 4.78 is 19.2. The van der Waals surface area contributed by atoms with Crippen LogP contribution < -0.4 is 16.2 Å². The van der Waals surface area contributed by atoms with Crippen molar-refractivity contribution < 1.29 is 13.9 Å². The fraction of sp³-hybridized carbons (Fsp3) is 0.133. The summed E-state index contributed by atoms with van der Waals surface area (Å²) in [5, 5.41) is 0. The fourth-order valence-electron chi connectivity index (χ4n) is 1.70. The van der Waals surface area contributed by atoms with Crippen LogP contribution in [-0.4, -0.2) is 5.91 Å². The number of carbonyl (C=O) groups excluding carboxylic acids is 1. The molecule has 0 aliphatic carbocycles. The third-order valence-electron chi connectivity index (χ3n) is 2.89. The van der Waals surface area contributed by atoms with Gasteiger partial charge in [0.2, 0.25) is 5.91 Å². The number of carbonyl (C=O) groups is 1. The Bertz CT molecular complexity index is 612. The van der Waals surface area contributed by atoms with Crippen LogP contribution in [0.4, 0.5) is 4.39 Å². The molecule has 0 spiro atoms. The molecule has 0 unspecified atom stereocenters. The van der Waals surface area contributed by atoms with Crippen LogP contribution in [0.1, 0.15) is 21.5 Å². The van der Waals surface area contributed by atoms with E-state index in [0.717, 1.165) is 11.6 Å². The topological polar surface area (TPSA) is 78.3 Å². The fourth-order valence-corrected chi connectivity index (χ4v) is 1.70. The molecule has 2 aromatic carbocycles. The van der Waals surface area contributed by atoms with E-state index in [9.17, 15) is 9.18 Å². The number of nitrogens with two attached hydrogens (primary N) is 2. The Morgan fingerprint density at radius 1 is 1.15 bits per heavy atom. The molecule has 0 bridgehead atoms. The van der Waals surface area contributed by atoms with Crippen LogP contribution in [0.5, 0.6) is 5.75 Å². The maximum Gasteiger partial charge on any atom is 0.248 e. The standard InChI is InChI=1S/C15H15FN2O2/c16-14-7-11(15(18)19)3-4-12(14)9-20-13-5-1-10(8-17)2-6-13/h1-7H,8-9,17H2,(H2,18,19). The van der Waals surface area contributed by atoms with Crippen molar-refractivity contribution in [2.45, 2.75) is 13.2 Å². The molecule has 2 aromatic rings. The lowest BCUT2D eigenvalue weighted by molar-refractivity contribution is 0.0999. The number of hydrogen-bond donors (Lipinski definition) is 2. The number of rotatable bonds is 5. The van der Waals surface area contributed by atoms with Gasteiger partial charge in [-0.3, -0.25) is 4.79 Å². The minimum absolute atomic E-state index is 0.0762. The van der Waals surface area contributed by atoms with Gasteiger partial charge in [-0.05, 0) is 29.8 Å². The Morgan fingerprint density at radius 3 is 2.40 bits per heavy atom. The number of hydrogen-bond acceptors (Lipinski definition) is 3. The monoisotopic (exact) mass is 274 g/mol. The van der Waals surface area contributed by atoms with Crippen LogP contribution in [0.25, 0.3) is 0 Å². The SMILES string of the molecule is NCc1ccc(OCc2ccc(C(N)=O)cc2F)cc1. The van der Waals surface area contributed by atoms with E-state index in [1.807, 2.05) is 12.1 Å². The molecule has 0 aliphatic heterocycles. The van der Waals surface area contributed by atoms with E-state index in [2.05, 4.69) is 0 Å². The first-order chi connectivity index (χ1) is 9.60. The summed E-state index contributed by atoms with van der Waals surface area (Å²) in [6.07, 6.45) is 0. The van der Waals surface area contributed by atoms with Crippen LogP contribution in [0.3, 0.4) is 0 Å². The highest BCUT2D eigenvalue weighted by Gasteiger charge is 2.07. The Morgan fingerprint density at radius 2 is 1.85 bits per heavy atom. The molecular weight excluding hydrogens is 259 g/mol. The zero-order valence-electron chi connectivity index (χ0n) is 10.8. The predicted molar refractivity (Wildman–Crippen MR) is 73.6 cm³/mol. The summed E-state index contributed by atoms with van der Waals surface area (Å²) in [4.78, 5) is 10.9. The number of ether oxygens (including phenoxy) is 1. The molecule has 0 heterocycles. The molecule has 0 fully saturated rings. The highest BCUT2D eigenvalue weighted by atomic mass is 19.1. The third kappa shape index (κ3) is 3.33. The van der Waals surface area contributed by atoms with Crippen molar-refractivity contribution in [3.63, 3.8) is 0 Å². The number of benzene rings is 2. The van der Waals surface area contributed by atoms with Crippen molar-refractivity contribution >= 4 is 5.91 Å². The molecule has 20 heavy (non-hydrogen) atoms. The Kier molecular flexibility index (Phi) is 4.32. The summed E-state index contributed by atoms with van der Waals surface area (Å²) >= 11 is 0. The van der Waals surface area contributed by atoms with Gasteiger partial charge in [-0.2, -0.15) is 0 Å². The van der Waals surface area contributed by atoms with Crippen LogP contribution in [-0.2, 0) is 13.2 Å². The zero-order valence-corrected chi connectivity index (χ0v) is 10.8. The van der Waals surface area contributed by atoms with Gasteiger partial charge in [0.1, 0.15) is 18.2 Å². The Hall–Kier alpha value is -2.40. The number of amides is 1. The normalized spacial score (nSPS) is 10.3. The summed E-state index contributed by atoms with van der Waals surface area (Å²) in [6, 6.07) is 11.3. The van der Waals surface area contributed by atoms with Crippen molar-refractivity contribution in [2.75, 3.05) is 0 Å². The van der Waals surface area contributed by atoms with Gasteiger partial charge in [-0.1, -0.05) is 18.2 Å². The van der Waals surface area contributed by atoms with E-state index in [1.165, 1.54) is 12.1 Å². The molecule has 4 nitrogen and oxygen atoms in total. The summed E-state index contributed by atoms with van der Waals surface area (Å²) in [5.74, 6) is -0.547. The second-order valence-electron chi connectivity index (χ2n) is 4.31. The Balaban J connectivity index is 2.04. The van der Waals surface area contributed by atoms with Gasteiger partial charge in [-0.25, -0.2) is 4.39 Å². The molecule has 0 radical (unpaired) electrons. The lowest BCUT2D eigenvalue weighted by atomic mass is 10.1. The van der Waals surface area contributed by atoms with Crippen molar-refractivity contribution in [3.8, 4) is 5.75 Å². The second kappa shape index (κ2) is 6.16. The van der Waals surface area contributed by atoms with Crippen molar-refractivity contribution in [1.82, 2.24) is 0 Å². The smallest absolute Gasteiger partial charge is 0.248 e. The second-order valence-corrected chi connectivity index (χ2v) is 4.31. The highest BCUT2D eigenvalue weighted by Crippen LogP contribution is 2.16. The number of primary amides is 1. The largest absolute Gasteiger partial charge is 0.489 e. The Labute approximate surface area is 116 Å². The van der Waals surface area contributed by atoms with Crippen molar-refractivity contribution in [1.29, 1.82) is 0 Å². The lowest BCUT2D eigenvalue weighted by Gasteiger charge is -2.08. The molecular formula is C15H15FN2O2. The molecule has 104 valence electrons. The molecule has 0 saturated carbocycles. The van der Waals surface area contributed by atoms with Gasteiger partial charge in [0, 0.05) is 17.7 Å². The van der Waals surface area contributed by atoms with Gasteiger partial charge >= 0.3 is 0 Å². The van der Waals surface area contributed by atoms with E-state index in [1.54, 1.807) is 12.1 Å². The average molecular weight is 274 g/mol. The summed E-state index contributed by atoms with van der Waals surface area (Å²) in [6.45, 7) is 0.538. The molecule has 4 N–H and O–H groups in total. The first kappa shape index (κ1) is 14.0. The molecule has 1 amide bonds. The quantitative estimate of drug-likeness (QED) is 0.874. The van der Waals surface area contributed by atoms with Crippen LogP contribution >= 0.6 is 0 Å². The van der Waals surface area contributed by atoms with Crippen molar-refractivity contribution in [3.05, 3.63) is 65.0 Å². The lowest BCUT2D eigenvalue weighted by Crippen LogP contribution is -2.11. The molecule has 5 heteroatoms. The van der Waals surface area contributed by atoms with Gasteiger partial charge in [0.15, 0.2) is 0 Å². The average Bonchev–Trinajstić information content (AvgIpc) is 2.46. The maximum absolute atomic E-state index is 13.7. The zero-order chi connectivity index (χ0) is 14.5. The number of halogens is 1. The van der Waals surface area contributed by atoms with Crippen LogP contribution in [0.2, 0.25) is 0 Å². The van der Waals surface area contributed by atoms with Gasteiger partial charge in [0.25, 0.3) is 0 Å². The van der Waals surface area contributed by atoms with Crippen LogP contribution in [0.15, 0.2) is 42.5 Å². The minimum Gasteiger partial charge on any atom is -0.489 e. The molecule has 0 atom stereocenters. The minimum atomic E-state index is -0.659. The predicted octanol–water partition coefficient (Wildman–Crippen LogP) is 1.96. The molecule has 0 aromatic heterocycles. The maximum atomic E-state index is 13.7. The molecule has 0 aliphatic rings. The van der Waals surface area contributed by atoms with E-state index in [0.29, 0.717) is 17.9 Å².